The Labute approximate surface area is 188 Å². The lowest BCUT2D eigenvalue weighted by Crippen LogP contribution is -2.18. The van der Waals surface area contributed by atoms with Crippen molar-refractivity contribution in [2.75, 3.05) is 10.0 Å². The van der Waals surface area contributed by atoms with Crippen molar-refractivity contribution in [1.29, 1.82) is 0 Å². The topological polar surface area (TPSA) is 161 Å². The van der Waals surface area contributed by atoms with Crippen LogP contribution in [0, 0.1) is 0 Å². The monoisotopic (exact) mass is 472 g/mol. The molecule has 0 aliphatic heterocycles. The van der Waals surface area contributed by atoms with E-state index in [4.69, 9.17) is 23.1 Å². The second-order valence-corrected chi connectivity index (χ2v) is 8.68. The third-order valence-electron chi connectivity index (χ3n) is 4.28. The molecule has 0 unspecified atom stereocenters. The number of amides is 3. The molecule has 164 valence electrons. The molecule has 3 aromatic rings. The van der Waals surface area contributed by atoms with Gasteiger partial charge in [0.25, 0.3) is 15.9 Å². The van der Waals surface area contributed by atoms with Crippen LogP contribution in [0.4, 0.5) is 11.4 Å². The van der Waals surface area contributed by atoms with Crippen molar-refractivity contribution in [3.05, 3.63) is 88.4 Å². The third-order valence-corrected chi connectivity index (χ3v) is 5.98. The molecule has 32 heavy (non-hydrogen) atoms. The second-order valence-electron chi connectivity index (χ2n) is 6.59. The van der Waals surface area contributed by atoms with Gasteiger partial charge in [0.05, 0.1) is 15.6 Å². The number of para-hydroxylation sites is 1. The van der Waals surface area contributed by atoms with Gasteiger partial charge < -0.3 is 16.8 Å². The number of carbonyl (C=O) groups excluding carboxylic acids is 3. The molecule has 0 fully saturated rings. The normalized spacial score (nSPS) is 10.9. The molecule has 11 heteroatoms. The number of benzene rings is 3. The van der Waals surface area contributed by atoms with Crippen molar-refractivity contribution in [1.82, 2.24) is 0 Å². The van der Waals surface area contributed by atoms with Gasteiger partial charge in [-0.05, 0) is 48.5 Å². The lowest BCUT2D eigenvalue weighted by atomic mass is 10.1. The Kier molecular flexibility index (Phi) is 6.47. The molecule has 3 aromatic carbocycles. The van der Waals surface area contributed by atoms with Crippen LogP contribution in [-0.2, 0) is 10.0 Å². The molecule has 3 amide bonds. The number of hydrogen-bond donors (Lipinski definition) is 4. The first kappa shape index (κ1) is 22.8. The van der Waals surface area contributed by atoms with Gasteiger partial charge >= 0.3 is 0 Å². The number of primary amides is 2. The lowest BCUT2D eigenvalue weighted by molar-refractivity contribution is 0.0994. The summed E-state index contributed by atoms with van der Waals surface area (Å²) in [7, 11) is -4.04. The summed E-state index contributed by atoms with van der Waals surface area (Å²) in [6, 6.07) is 15.3. The summed E-state index contributed by atoms with van der Waals surface area (Å²) in [5, 5.41) is 2.71. The smallest absolute Gasteiger partial charge is 0.261 e. The molecule has 0 atom stereocenters. The number of nitrogens with two attached hydrogens (primary N) is 2. The molecular formula is C21H17ClN4O5S. The molecule has 0 radical (unpaired) electrons. The van der Waals surface area contributed by atoms with Gasteiger partial charge in [0.15, 0.2) is 0 Å². The fourth-order valence-electron chi connectivity index (χ4n) is 2.74. The van der Waals surface area contributed by atoms with Crippen LogP contribution in [0.1, 0.15) is 31.1 Å². The van der Waals surface area contributed by atoms with Crippen molar-refractivity contribution >= 4 is 50.7 Å². The Morgan fingerprint density at radius 1 is 0.781 bits per heavy atom. The van der Waals surface area contributed by atoms with Crippen molar-refractivity contribution in [2.24, 2.45) is 11.5 Å². The quantitative estimate of drug-likeness (QED) is 0.414. The summed E-state index contributed by atoms with van der Waals surface area (Å²) in [5.74, 6) is -2.32. The third kappa shape index (κ3) is 5.23. The van der Waals surface area contributed by atoms with Crippen LogP contribution < -0.4 is 21.5 Å². The van der Waals surface area contributed by atoms with Crippen LogP contribution in [0.3, 0.4) is 0 Å². The summed E-state index contributed by atoms with van der Waals surface area (Å²) < 4.78 is 27.8. The Balaban J connectivity index is 1.88. The Hall–Kier alpha value is -3.89. The maximum absolute atomic E-state index is 12.7. The standard InChI is InChI=1S/C21H17ClN4O5S/c22-17-6-1-2-7-18(17)26-32(30,31)16-5-3-4-12(11-16)21(29)25-15-9-13(19(23)27)8-14(10-15)20(24)28/h1-11,26H,(H2,23,27)(H2,24,28)(H,25,29). The van der Waals surface area contributed by atoms with Gasteiger partial charge in [0, 0.05) is 22.4 Å². The Morgan fingerprint density at radius 2 is 1.41 bits per heavy atom. The molecule has 9 nitrogen and oxygen atoms in total. The predicted molar refractivity (Wildman–Crippen MR) is 120 cm³/mol. The first-order valence-corrected chi connectivity index (χ1v) is 10.9. The number of sulfonamides is 1. The number of rotatable bonds is 7. The maximum Gasteiger partial charge on any atom is 0.261 e. The Bertz CT molecular complexity index is 1310. The van der Waals surface area contributed by atoms with E-state index in [0.29, 0.717) is 0 Å². The fraction of sp³-hybridized carbons (Fsp3) is 0. The first-order valence-electron chi connectivity index (χ1n) is 9.00. The van der Waals surface area contributed by atoms with Gasteiger partial charge in [-0.2, -0.15) is 0 Å². The van der Waals surface area contributed by atoms with Crippen LogP contribution in [0.25, 0.3) is 0 Å². The van der Waals surface area contributed by atoms with E-state index in [0.717, 1.165) is 0 Å². The van der Waals surface area contributed by atoms with E-state index in [-0.39, 0.29) is 38.0 Å². The second kappa shape index (κ2) is 9.08. The zero-order valence-corrected chi connectivity index (χ0v) is 17.9. The molecule has 0 heterocycles. The summed E-state index contributed by atoms with van der Waals surface area (Å²) in [6.07, 6.45) is 0. The molecule has 0 aliphatic rings. The van der Waals surface area contributed by atoms with Gasteiger partial charge in [-0.3, -0.25) is 19.1 Å². The van der Waals surface area contributed by atoms with Crippen LogP contribution >= 0.6 is 11.6 Å². The van der Waals surface area contributed by atoms with E-state index in [1.165, 1.54) is 54.6 Å². The molecule has 0 aliphatic carbocycles. The molecule has 6 N–H and O–H groups in total. The molecule has 0 saturated carbocycles. The summed E-state index contributed by atoms with van der Waals surface area (Å²) in [6.45, 7) is 0. The fourth-order valence-corrected chi connectivity index (χ4v) is 4.10. The Morgan fingerprint density at radius 3 is 2.00 bits per heavy atom. The van der Waals surface area contributed by atoms with E-state index in [9.17, 15) is 22.8 Å². The highest BCUT2D eigenvalue weighted by Gasteiger charge is 2.18. The van der Waals surface area contributed by atoms with Crippen LogP contribution in [0.2, 0.25) is 5.02 Å². The molecule has 0 saturated heterocycles. The number of anilines is 2. The van der Waals surface area contributed by atoms with Crippen molar-refractivity contribution < 1.29 is 22.8 Å². The van der Waals surface area contributed by atoms with E-state index in [1.807, 2.05) is 0 Å². The van der Waals surface area contributed by atoms with Crippen molar-refractivity contribution in [3.8, 4) is 0 Å². The highest BCUT2D eigenvalue weighted by Crippen LogP contribution is 2.24. The van der Waals surface area contributed by atoms with Crippen molar-refractivity contribution in [2.45, 2.75) is 4.90 Å². The lowest BCUT2D eigenvalue weighted by Gasteiger charge is -2.11. The summed E-state index contributed by atoms with van der Waals surface area (Å²) in [5.41, 5.74) is 10.7. The minimum atomic E-state index is -4.04. The van der Waals surface area contributed by atoms with E-state index in [1.54, 1.807) is 12.1 Å². The van der Waals surface area contributed by atoms with Crippen LogP contribution in [0.5, 0.6) is 0 Å². The number of halogens is 1. The van der Waals surface area contributed by atoms with Gasteiger partial charge in [-0.1, -0.05) is 29.8 Å². The number of nitrogens with one attached hydrogen (secondary N) is 2. The van der Waals surface area contributed by atoms with E-state index >= 15 is 0 Å². The molecule has 0 aromatic heterocycles. The average Bonchev–Trinajstić information content (AvgIpc) is 2.75. The van der Waals surface area contributed by atoms with Gasteiger partial charge in [0.1, 0.15) is 0 Å². The molecule has 0 spiro atoms. The number of carbonyl (C=O) groups is 3. The van der Waals surface area contributed by atoms with E-state index in [2.05, 4.69) is 10.0 Å². The minimum Gasteiger partial charge on any atom is -0.366 e. The highest BCUT2D eigenvalue weighted by atomic mass is 35.5. The molecule has 3 rings (SSSR count). The maximum atomic E-state index is 12.7. The van der Waals surface area contributed by atoms with Crippen molar-refractivity contribution in [3.63, 3.8) is 0 Å². The number of hydrogen-bond acceptors (Lipinski definition) is 5. The van der Waals surface area contributed by atoms with Crippen LogP contribution in [-0.4, -0.2) is 26.1 Å². The summed E-state index contributed by atoms with van der Waals surface area (Å²) in [4.78, 5) is 35.5. The average molecular weight is 473 g/mol. The van der Waals surface area contributed by atoms with Gasteiger partial charge in [-0.25, -0.2) is 8.42 Å². The minimum absolute atomic E-state index is 0.0112. The molecule has 0 bridgehead atoms. The highest BCUT2D eigenvalue weighted by molar-refractivity contribution is 7.92. The van der Waals surface area contributed by atoms with Gasteiger partial charge in [-0.15, -0.1) is 0 Å². The van der Waals surface area contributed by atoms with Gasteiger partial charge in [0.2, 0.25) is 11.8 Å². The first-order chi connectivity index (χ1) is 15.1. The summed E-state index contributed by atoms with van der Waals surface area (Å²) >= 11 is 6.00. The van der Waals surface area contributed by atoms with E-state index < -0.39 is 27.7 Å². The zero-order valence-electron chi connectivity index (χ0n) is 16.3. The van der Waals surface area contributed by atoms with Crippen LogP contribution in [0.15, 0.2) is 71.6 Å². The largest absolute Gasteiger partial charge is 0.366 e. The predicted octanol–water partition coefficient (Wildman–Crippen LogP) is 2.59. The molecular weight excluding hydrogens is 456 g/mol. The SMILES string of the molecule is NC(=O)c1cc(NC(=O)c2cccc(S(=O)(=O)Nc3ccccc3Cl)c2)cc(C(N)=O)c1. The zero-order chi connectivity index (χ0) is 23.5.